The second-order valence-corrected chi connectivity index (χ2v) is 4.83. The zero-order chi connectivity index (χ0) is 14.1. The number of nitrogens with one attached hydrogen (secondary N) is 1. The van der Waals surface area contributed by atoms with Crippen LogP contribution in [0.4, 0.5) is 0 Å². The maximum atomic E-state index is 11.8. The Bertz CT molecular complexity index is 673. The van der Waals surface area contributed by atoms with Crippen molar-refractivity contribution in [3.05, 3.63) is 52.5 Å². The maximum absolute atomic E-state index is 11.8. The fraction of sp³-hybridized carbons (Fsp3) is 0.286. The topological polar surface area (TPSA) is 92.7 Å². The van der Waals surface area contributed by atoms with Crippen molar-refractivity contribution >= 4 is 5.91 Å². The van der Waals surface area contributed by atoms with E-state index in [9.17, 15) is 14.7 Å². The molecule has 0 saturated heterocycles. The molecule has 2 atom stereocenters. The molecule has 6 heteroatoms. The molecule has 2 heterocycles. The van der Waals surface area contributed by atoms with Gasteiger partial charge in [0.1, 0.15) is 11.5 Å². The summed E-state index contributed by atoms with van der Waals surface area (Å²) in [6.07, 6.45) is 2.59. The Labute approximate surface area is 114 Å². The summed E-state index contributed by atoms with van der Waals surface area (Å²) in [7, 11) is 0. The molecule has 0 bridgehead atoms. The number of hydrogen-bond acceptors (Lipinski definition) is 5. The van der Waals surface area contributed by atoms with Crippen LogP contribution in [0.25, 0.3) is 0 Å². The number of hydrogen-bond donors (Lipinski definition) is 2. The highest BCUT2D eigenvalue weighted by atomic mass is 16.4. The van der Waals surface area contributed by atoms with Gasteiger partial charge in [-0.2, -0.15) is 0 Å². The van der Waals surface area contributed by atoms with E-state index < -0.39 is 11.5 Å². The summed E-state index contributed by atoms with van der Waals surface area (Å²) < 4.78 is 10.0. The Hall–Kier alpha value is -2.50. The first-order valence-electron chi connectivity index (χ1n) is 6.29. The van der Waals surface area contributed by atoms with Crippen molar-refractivity contribution in [2.75, 3.05) is 6.54 Å². The highest BCUT2D eigenvalue weighted by Gasteiger charge is 2.40. The lowest BCUT2D eigenvalue weighted by Gasteiger charge is -2.03. The molecule has 0 spiro atoms. The fourth-order valence-corrected chi connectivity index (χ4v) is 2.21. The van der Waals surface area contributed by atoms with Gasteiger partial charge in [0.25, 0.3) is 5.91 Å². The van der Waals surface area contributed by atoms with Crippen LogP contribution in [0.1, 0.15) is 28.7 Å². The summed E-state index contributed by atoms with van der Waals surface area (Å²) in [5, 5.41) is 11.9. The lowest BCUT2D eigenvalue weighted by molar-refractivity contribution is 0.0918. The minimum atomic E-state index is -0.755. The monoisotopic (exact) mass is 275 g/mol. The van der Waals surface area contributed by atoms with Gasteiger partial charge in [-0.1, -0.05) is 0 Å². The van der Waals surface area contributed by atoms with Crippen LogP contribution < -0.4 is 10.9 Å². The molecule has 1 saturated carbocycles. The first kappa shape index (κ1) is 12.5. The third-order valence-corrected chi connectivity index (χ3v) is 3.34. The molecule has 0 radical (unpaired) electrons. The maximum Gasteiger partial charge on any atom is 0.340 e. The SMILES string of the molecule is O=C(NC[C@@H]1C[C@H]1c1ccco1)c1cc(O)cc(=O)o1. The smallest absolute Gasteiger partial charge is 0.340 e. The van der Waals surface area contributed by atoms with Gasteiger partial charge in [0.15, 0.2) is 5.76 Å². The van der Waals surface area contributed by atoms with Crippen LogP contribution in [0, 0.1) is 5.92 Å². The van der Waals surface area contributed by atoms with Crippen LogP contribution in [-0.4, -0.2) is 17.6 Å². The normalized spacial score (nSPS) is 20.6. The molecule has 104 valence electrons. The predicted molar refractivity (Wildman–Crippen MR) is 68.5 cm³/mol. The van der Waals surface area contributed by atoms with Crippen molar-refractivity contribution in [3.63, 3.8) is 0 Å². The standard InChI is InChI=1S/C14H13NO5/c16-9-5-12(20-13(17)6-9)14(18)15-7-8-4-10(8)11-2-1-3-19-11/h1-3,5-6,8,10,16H,4,7H2,(H,15,18)/t8-,10+/m0/s1. The first-order valence-corrected chi connectivity index (χ1v) is 6.29. The largest absolute Gasteiger partial charge is 0.508 e. The van der Waals surface area contributed by atoms with Gasteiger partial charge in [-0.3, -0.25) is 4.79 Å². The molecule has 0 aliphatic heterocycles. The van der Waals surface area contributed by atoms with Crippen LogP contribution >= 0.6 is 0 Å². The summed E-state index contributed by atoms with van der Waals surface area (Å²) in [5.74, 6) is 0.600. The van der Waals surface area contributed by atoms with E-state index in [-0.39, 0.29) is 11.5 Å². The Balaban J connectivity index is 1.57. The van der Waals surface area contributed by atoms with E-state index in [2.05, 4.69) is 5.32 Å². The lowest BCUT2D eigenvalue weighted by atomic mass is 10.2. The molecule has 3 rings (SSSR count). The number of carbonyl (C=O) groups is 1. The molecule has 0 unspecified atom stereocenters. The Morgan fingerprint density at radius 2 is 2.30 bits per heavy atom. The van der Waals surface area contributed by atoms with Crippen LogP contribution in [0.2, 0.25) is 0 Å². The molecule has 1 fully saturated rings. The summed E-state index contributed by atoms with van der Waals surface area (Å²) in [5.41, 5.74) is -0.755. The Morgan fingerprint density at radius 3 is 3.00 bits per heavy atom. The molecule has 2 N–H and O–H groups in total. The quantitative estimate of drug-likeness (QED) is 0.881. The molecule has 1 amide bonds. The highest BCUT2D eigenvalue weighted by molar-refractivity contribution is 5.91. The van der Waals surface area contributed by atoms with Gasteiger partial charge >= 0.3 is 5.63 Å². The first-order chi connectivity index (χ1) is 9.63. The van der Waals surface area contributed by atoms with Crippen LogP contribution in [-0.2, 0) is 0 Å². The van der Waals surface area contributed by atoms with Gasteiger partial charge in [-0.25, -0.2) is 4.79 Å². The van der Waals surface area contributed by atoms with Gasteiger partial charge in [-0.15, -0.1) is 0 Å². The molecule has 6 nitrogen and oxygen atoms in total. The van der Waals surface area contributed by atoms with Gasteiger partial charge in [0, 0.05) is 18.5 Å². The average molecular weight is 275 g/mol. The lowest BCUT2D eigenvalue weighted by Crippen LogP contribution is -2.26. The summed E-state index contributed by atoms with van der Waals surface area (Å²) in [6, 6.07) is 5.78. The van der Waals surface area contributed by atoms with Crippen LogP contribution in [0.5, 0.6) is 5.75 Å². The van der Waals surface area contributed by atoms with Crippen molar-refractivity contribution in [1.29, 1.82) is 0 Å². The Morgan fingerprint density at radius 1 is 1.45 bits per heavy atom. The fourth-order valence-electron chi connectivity index (χ4n) is 2.21. The minimum absolute atomic E-state index is 0.190. The van der Waals surface area contributed by atoms with Crippen molar-refractivity contribution < 1.29 is 18.7 Å². The number of amides is 1. The zero-order valence-corrected chi connectivity index (χ0v) is 10.5. The molecule has 20 heavy (non-hydrogen) atoms. The van der Waals surface area contributed by atoms with Crippen molar-refractivity contribution in [2.24, 2.45) is 5.92 Å². The van der Waals surface area contributed by atoms with Gasteiger partial charge < -0.3 is 19.3 Å². The van der Waals surface area contributed by atoms with Crippen LogP contribution in [0.3, 0.4) is 0 Å². The summed E-state index contributed by atoms with van der Waals surface area (Å²) in [6.45, 7) is 0.476. The summed E-state index contributed by atoms with van der Waals surface area (Å²) >= 11 is 0. The number of furan rings is 1. The molecule has 0 aromatic carbocycles. The highest BCUT2D eigenvalue weighted by Crippen LogP contribution is 2.47. The van der Waals surface area contributed by atoms with Crippen molar-refractivity contribution in [1.82, 2.24) is 5.32 Å². The minimum Gasteiger partial charge on any atom is -0.508 e. The third kappa shape index (κ3) is 2.59. The number of rotatable bonds is 4. The molecule has 2 aromatic heterocycles. The van der Waals surface area contributed by atoms with Gasteiger partial charge in [-0.05, 0) is 24.5 Å². The van der Waals surface area contributed by atoms with Gasteiger partial charge in [0.2, 0.25) is 0 Å². The van der Waals surface area contributed by atoms with Crippen molar-refractivity contribution in [3.8, 4) is 5.75 Å². The third-order valence-electron chi connectivity index (χ3n) is 3.34. The molecule has 2 aromatic rings. The summed E-state index contributed by atoms with van der Waals surface area (Å²) in [4.78, 5) is 22.9. The Kier molecular flexibility index (Phi) is 3.06. The van der Waals surface area contributed by atoms with Crippen LogP contribution in [0.15, 0.2) is 44.2 Å². The number of carbonyl (C=O) groups excluding carboxylic acids is 1. The van der Waals surface area contributed by atoms with E-state index in [1.165, 1.54) is 0 Å². The molecule has 1 aliphatic rings. The molecule has 1 aliphatic carbocycles. The molecular formula is C14H13NO5. The van der Waals surface area contributed by atoms with E-state index in [4.69, 9.17) is 8.83 Å². The zero-order valence-electron chi connectivity index (χ0n) is 10.5. The molecular weight excluding hydrogens is 262 g/mol. The van der Waals surface area contributed by atoms with E-state index in [1.807, 2.05) is 12.1 Å². The average Bonchev–Trinajstić information content (AvgIpc) is 2.96. The predicted octanol–water partition coefficient (Wildman–Crippen LogP) is 1.47. The second-order valence-electron chi connectivity index (χ2n) is 4.83. The van der Waals surface area contributed by atoms with Gasteiger partial charge in [0.05, 0.1) is 12.3 Å². The van der Waals surface area contributed by atoms with E-state index in [0.717, 1.165) is 24.3 Å². The van der Waals surface area contributed by atoms with E-state index >= 15 is 0 Å². The second kappa shape index (κ2) is 4.88. The van der Waals surface area contributed by atoms with Crippen molar-refractivity contribution in [2.45, 2.75) is 12.3 Å². The van der Waals surface area contributed by atoms with E-state index in [1.54, 1.807) is 6.26 Å². The van der Waals surface area contributed by atoms with E-state index in [0.29, 0.717) is 18.4 Å². The number of aromatic hydroxyl groups is 1.